The number of rotatable bonds is 13. The lowest BCUT2D eigenvalue weighted by molar-refractivity contribution is 0.248. The molecule has 0 bridgehead atoms. The van der Waals surface area contributed by atoms with E-state index in [4.69, 9.17) is 0 Å². The summed E-state index contributed by atoms with van der Waals surface area (Å²) in [5.74, 6) is 3.62. The summed E-state index contributed by atoms with van der Waals surface area (Å²) in [6.45, 7) is 2.21. The number of hydrogen-bond donors (Lipinski definition) is 0. The third kappa shape index (κ3) is 8.46. The van der Waals surface area contributed by atoms with E-state index in [2.05, 4.69) is 55.5 Å². The van der Waals surface area contributed by atoms with Gasteiger partial charge < -0.3 is 0 Å². The van der Waals surface area contributed by atoms with Crippen molar-refractivity contribution in [2.45, 2.75) is 122 Å². The molecule has 0 radical (unpaired) electrons. The molecule has 1 heteroatoms. The van der Waals surface area contributed by atoms with Gasteiger partial charge in [0.05, 0.1) is 6.67 Å². The summed E-state index contributed by atoms with van der Waals surface area (Å²) in [6, 6.07) is 18.9. The van der Waals surface area contributed by atoms with Gasteiger partial charge in [-0.25, -0.2) is 0 Å². The molecule has 0 heterocycles. The fourth-order valence-corrected chi connectivity index (χ4v) is 6.95. The van der Waals surface area contributed by atoms with Crippen LogP contribution >= 0.6 is 0 Å². The Hall–Kier alpha value is -1.63. The molecule has 2 saturated carbocycles. The lowest BCUT2D eigenvalue weighted by atomic mass is 9.77. The monoisotopic (exact) mass is 490 g/mol. The Kier molecular flexibility index (Phi) is 11.4. The van der Waals surface area contributed by atoms with Crippen molar-refractivity contribution in [1.29, 1.82) is 0 Å². The molecule has 2 fully saturated rings. The van der Waals surface area contributed by atoms with Crippen LogP contribution < -0.4 is 0 Å². The zero-order valence-corrected chi connectivity index (χ0v) is 23.0. The van der Waals surface area contributed by atoms with Crippen molar-refractivity contribution in [3.63, 3.8) is 0 Å². The maximum atomic E-state index is 12.2. The largest absolute Gasteiger partial charge is 0.251 e. The van der Waals surface area contributed by atoms with Crippen molar-refractivity contribution in [3.05, 3.63) is 59.7 Å². The quantitative estimate of drug-likeness (QED) is 0.245. The summed E-state index contributed by atoms with van der Waals surface area (Å²) < 4.78 is 12.2. The number of halogens is 1. The van der Waals surface area contributed by atoms with Gasteiger partial charge in [-0.1, -0.05) is 120 Å². The van der Waals surface area contributed by atoms with Gasteiger partial charge in [0.1, 0.15) is 0 Å². The molecule has 2 aliphatic carbocycles. The molecule has 198 valence electrons. The first-order valence-corrected chi connectivity index (χ1v) is 15.5. The smallest absolute Gasteiger partial charge is 0.0894 e. The van der Waals surface area contributed by atoms with E-state index < -0.39 is 0 Å². The fourth-order valence-electron chi connectivity index (χ4n) is 6.95. The Labute approximate surface area is 221 Å². The van der Waals surface area contributed by atoms with Crippen LogP contribution in [0, 0.1) is 17.8 Å². The van der Waals surface area contributed by atoms with Crippen molar-refractivity contribution in [3.8, 4) is 11.1 Å². The second kappa shape index (κ2) is 14.9. The molecular formula is C35H51F. The van der Waals surface area contributed by atoms with E-state index in [-0.39, 0.29) is 6.67 Å². The summed E-state index contributed by atoms with van der Waals surface area (Å²) in [4.78, 5) is 0. The predicted molar refractivity (Wildman–Crippen MR) is 154 cm³/mol. The minimum atomic E-state index is -0.137. The molecule has 0 amide bonds. The summed E-state index contributed by atoms with van der Waals surface area (Å²) in [6.07, 6.45) is 22.4. The molecule has 2 aromatic rings. The SMILES string of the molecule is CCC1CCC(c2ccc(-c3ccc(CCC4CCC(CCCCCCCF)CC4)cc3)cc2)CC1. The van der Waals surface area contributed by atoms with E-state index >= 15 is 0 Å². The van der Waals surface area contributed by atoms with Crippen molar-refractivity contribution >= 4 is 0 Å². The van der Waals surface area contributed by atoms with Gasteiger partial charge in [0.25, 0.3) is 0 Å². The van der Waals surface area contributed by atoms with Gasteiger partial charge in [0.15, 0.2) is 0 Å². The van der Waals surface area contributed by atoms with Gasteiger partial charge in [0.2, 0.25) is 0 Å². The van der Waals surface area contributed by atoms with Gasteiger partial charge in [-0.2, -0.15) is 0 Å². The number of aryl methyl sites for hydroxylation is 1. The van der Waals surface area contributed by atoms with E-state index in [1.54, 1.807) is 5.56 Å². The average molecular weight is 491 g/mol. The van der Waals surface area contributed by atoms with Crippen LogP contribution in [0.25, 0.3) is 11.1 Å². The molecule has 0 atom stereocenters. The molecule has 0 saturated heterocycles. The highest BCUT2D eigenvalue weighted by molar-refractivity contribution is 5.64. The van der Waals surface area contributed by atoms with Crippen LogP contribution in [0.3, 0.4) is 0 Å². The first-order valence-electron chi connectivity index (χ1n) is 15.5. The normalized spacial score (nSPS) is 24.6. The average Bonchev–Trinajstić information content (AvgIpc) is 2.95. The lowest BCUT2D eigenvalue weighted by Crippen LogP contribution is -2.15. The van der Waals surface area contributed by atoms with E-state index in [9.17, 15) is 4.39 Å². The second-order valence-electron chi connectivity index (χ2n) is 12.1. The van der Waals surface area contributed by atoms with Crippen LogP contribution in [0.5, 0.6) is 0 Å². The Balaban J connectivity index is 1.15. The minimum Gasteiger partial charge on any atom is -0.251 e. The third-order valence-corrected chi connectivity index (χ3v) is 9.65. The van der Waals surface area contributed by atoms with Crippen LogP contribution in [0.2, 0.25) is 0 Å². The summed E-state index contributed by atoms with van der Waals surface area (Å²) in [5.41, 5.74) is 5.75. The van der Waals surface area contributed by atoms with Crippen LogP contribution in [-0.2, 0) is 6.42 Å². The lowest BCUT2D eigenvalue weighted by Gasteiger charge is -2.28. The van der Waals surface area contributed by atoms with Gasteiger partial charge in [0, 0.05) is 0 Å². The Morgan fingerprint density at radius 3 is 1.72 bits per heavy atom. The third-order valence-electron chi connectivity index (χ3n) is 9.65. The van der Waals surface area contributed by atoms with Crippen LogP contribution in [0.15, 0.2) is 48.5 Å². The summed E-state index contributed by atoms with van der Waals surface area (Å²) >= 11 is 0. The van der Waals surface area contributed by atoms with Crippen LogP contribution in [-0.4, -0.2) is 6.67 Å². The standard InChI is InChI=1S/C35H51F/c1-2-28-15-19-32(20-16-28)34-23-25-35(26-24-34)33-21-17-31(18-22-33)14-13-30-11-9-29(10-12-30)8-6-4-3-5-7-27-36/h17-18,21-26,28-30,32H,2-16,19-20,27H2,1H3. The van der Waals surface area contributed by atoms with E-state index in [0.29, 0.717) is 0 Å². The van der Waals surface area contributed by atoms with E-state index in [0.717, 1.165) is 36.5 Å². The first-order chi connectivity index (χ1) is 17.7. The van der Waals surface area contributed by atoms with Gasteiger partial charge in [-0.05, 0) is 90.9 Å². The molecule has 36 heavy (non-hydrogen) atoms. The first kappa shape index (κ1) is 27.4. The van der Waals surface area contributed by atoms with E-state index in [1.165, 1.54) is 113 Å². The highest BCUT2D eigenvalue weighted by Crippen LogP contribution is 2.38. The molecule has 0 nitrogen and oxygen atoms in total. The Morgan fingerprint density at radius 1 is 0.583 bits per heavy atom. The Bertz CT molecular complexity index is 835. The molecule has 0 aliphatic heterocycles. The zero-order valence-electron chi connectivity index (χ0n) is 23.0. The van der Waals surface area contributed by atoms with Gasteiger partial charge >= 0.3 is 0 Å². The van der Waals surface area contributed by atoms with Crippen molar-refractivity contribution in [2.75, 3.05) is 6.67 Å². The second-order valence-corrected chi connectivity index (χ2v) is 12.1. The zero-order chi connectivity index (χ0) is 25.0. The predicted octanol–water partition coefficient (Wildman–Crippen LogP) is 11.1. The van der Waals surface area contributed by atoms with Crippen LogP contribution in [0.1, 0.15) is 127 Å². The Morgan fingerprint density at radius 2 is 1.11 bits per heavy atom. The molecule has 2 aliphatic rings. The van der Waals surface area contributed by atoms with E-state index in [1.807, 2.05) is 0 Å². The molecule has 0 aromatic heterocycles. The van der Waals surface area contributed by atoms with Crippen molar-refractivity contribution in [1.82, 2.24) is 0 Å². The maximum Gasteiger partial charge on any atom is 0.0894 e. The molecule has 0 N–H and O–H groups in total. The molecule has 2 aromatic carbocycles. The number of alkyl halides is 1. The molecular weight excluding hydrogens is 439 g/mol. The van der Waals surface area contributed by atoms with Crippen molar-refractivity contribution < 1.29 is 4.39 Å². The highest BCUT2D eigenvalue weighted by Gasteiger charge is 2.22. The van der Waals surface area contributed by atoms with Gasteiger partial charge in [-0.15, -0.1) is 0 Å². The van der Waals surface area contributed by atoms with Crippen molar-refractivity contribution in [2.24, 2.45) is 17.8 Å². The number of unbranched alkanes of at least 4 members (excludes halogenated alkanes) is 4. The fraction of sp³-hybridized carbons (Fsp3) is 0.657. The number of hydrogen-bond acceptors (Lipinski definition) is 0. The maximum absolute atomic E-state index is 12.2. The highest BCUT2D eigenvalue weighted by atomic mass is 19.1. The molecule has 4 rings (SSSR count). The van der Waals surface area contributed by atoms with Crippen LogP contribution in [0.4, 0.5) is 4.39 Å². The summed E-state index contributed by atoms with van der Waals surface area (Å²) in [7, 11) is 0. The molecule has 0 unspecified atom stereocenters. The van der Waals surface area contributed by atoms with Gasteiger partial charge in [-0.3, -0.25) is 4.39 Å². The molecule has 0 spiro atoms. The number of benzene rings is 2. The summed E-state index contributed by atoms with van der Waals surface area (Å²) in [5, 5.41) is 0. The topological polar surface area (TPSA) is 0 Å². The minimum absolute atomic E-state index is 0.137.